The van der Waals surface area contributed by atoms with Crippen LogP contribution in [0.5, 0.6) is 5.75 Å². The molecule has 2 rings (SSSR count). The maximum absolute atomic E-state index is 12.8. The average Bonchev–Trinajstić information content (AvgIpc) is 2.96. The first-order valence-electron chi connectivity index (χ1n) is 14.3. The Morgan fingerprint density at radius 1 is 1.02 bits per heavy atom. The molecular weight excluding hydrogens is 600 g/mol. The number of carbonyl (C=O) groups is 4. The molecule has 1 aliphatic carbocycles. The standard InChI is InChI=1S/C29H42N2O12S/c1-4-44(40,41)13-7-5-6-8-23(32)30-12-11-24(33)31-20-14-18(16-42-29(39)17(2)3)9-10-21(20)43-22-15-19(28(37)38)25(34)27(36)26(22)35/h4,9-10,14,17,19,22,25-27,34-36H,1,5-8,11-13,15-16H2,2-3H3,(H,30,32)(H,31,33)(H,37,38)/t19-,22+,25+,26-,27-/m0/s1. The van der Waals surface area contributed by atoms with E-state index in [1.54, 1.807) is 19.9 Å². The van der Waals surface area contributed by atoms with Crippen molar-refractivity contribution < 1.29 is 57.5 Å². The molecule has 2 amide bonds. The van der Waals surface area contributed by atoms with Crippen molar-refractivity contribution in [2.45, 2.75) is 83.4 Å². The molecule has 0 heterocycles. The van der Waals surface area contributed by atoms with E-state index in [4.69, 9.17) is 9.47 Å². The summed E-state index contributed by atoms with van der Waals surface area (Å²) in [7, 11) is -3.28. The van der Waals surface area contributed by atoms with E-state index >= 15 is 0 Å². The summed E-state index contributed by atoms with van der Waals surface area (Å²) in [6, 6.07) is 4.44. The van der Waals surface area contributed by atoms with Crippen molar-refractivity contribution in [3.8, 4) is 5.75 Å². The second kappa shape index (κ2) is 17.1. The Morgan fingerprint density at radius 3 is 2.36 bits per heavy atom. The second-order valence-corrected chi connectivity index (χ2v) is 13.0. The van der Waals surface area contributed by atoms with Gasteiger partial charge in [0.1, 0.15) is 30.7 Å². The van der Waals surface area contributed by atoms with Gasteiger partial charge in [0.2, 0.25) is 11.8 Å². The maximum Gasteiger partial charge on any atom is 0.309 e. The van der Waals surface area contributed by atoms with Crippen molar-refractivity contribution in [2.75, 3.05) is 17.6 Å². The lowest BCUT2D eigenvalue weighted by molar-refractivity contribution is -0.174. The molecule has 0 spiro atoms. The third-order valence-electron chi connectivity index (χ3n) is 7.01. The van der Waals surface area contributed by atoms with Gasteiger partial charge in [-0.05, 0) is 30.5 Å². The van der Waals surface area contributed by atoms with E-state index in [1.807, 2.05) is 0 Å². The van der Waals surface area contributed by atoms with E-state index in [-0.39, 0.29) is 61.4 Å². The first kappa shape index (κ1) is 36.7. The highest BCUT2D eigenvalue weighted by molar-refractivity contribution is 7.94. The number of ether oxygens (including phenoxy) is 2. The second-order valence-electron chi connectivity index (χ2n) is 10.9. The van der Waals surface area contributed by atoms with Gasteiger partial charge < -0.3 is 40.5 Å². The number of anilines is 1. The smallest absolute Gasteiger partial charge is 0.309 e. The molecular formula is C29H42N2O12S. The van der Waals surface area contributed by atoms with Gasteiger partial charge in [-0.1, -0.05) is 32.9 Å². The molecule has 1 aromatic rings. The topological polar surface area (TPSA) is 226 Å². The lowest BCUT2D eigenvalue weighted by Crippen LogP contribution is -2.57. The predicted octanol–water partition coefficient (Wildman–Crippen LogP) is 0.884. The van der Waals surface area contributed by atoms with Crippen LogP contribution in [0.4, 0.5) is 5.69 Å². The predicted molar refractivity (Wildman–Crippen MR) is 158 cm³/mol. The lowest BCUT2D eigenvalue weighted by Gasteiger charge is -2.38. The Balaban J connectivity index is 2.04. The highest BCUT2D eigenvalue weighted by Gasteiger charge is 2.47. The summed E-state index contributed by atoms with van der Waals surface area (Å²) in [5.41, 5.74) is 0.590. The number of aliphatic hydroxyl groups is 3. The summed E-state index contributed by atoms with van der Waals surface area (Å²) in [5.74, 6) is -4.43. The van der Waals surface area contributed by atoms with Crippen LogP contribution in [0.3, 0.4) is 0 Å². The Kier molecular flexibility index (Phi) is 14.2. The molecule has 0 bridgehead atoms. The van der Waals surface area contributed by atoms with Crippen LogP contribution in [0.1, 0.15) is 57.9 Å². The minimum absolute atomic E-state index is 0.00308. The maximum atomic E-state index is 12.8. The first-order chi connectivity index (χ1) is 20.6. The number of sulfone groups is 1. The molecule has 0 radical (unpaired) electrons. The molecule has 246 valence electrons. The fourth-order valence-corrected chi connectivity index (χ4v) is 5.14. The van der Waals surface area contributed by atoms with Crippen LogP contribution >= 0.6 is 0 Å². The molecule has 6 N–H and O–H groups in total. The molecule has 5 atom stereocenters. The summed E-state index contributed by atoms with van der Waals surface area (Å²) in [5, 5.41) is 46.3. The molecule has 0 unspecified atom stereocenters. The summed E-state index contributed by atoms with van der Waals surface area (Å²) in [6.07, 6.45) is -5.25. The third kappa shape index (κ3) is 11.5. The van der Waals surface area contributed by atoms with E-state index in [9.17, 15) is 48.0 Å². The Bertz CT molecular complexity index is 1280. The van der Waals surface area contributed by atoms with Crippen molar-refractivity contribution in [3.63, 3.8) is 0 Å². The van der Waals surface area contributed by atoms with Crippen LogP contribution in [0, 0.1) is 11.8 Å². The molecule has 0 aliphatic heterocycles. The minimum Gasteiger partial charge on any atom is -0.485 e. The van der Waals surface area contributed by atoms with Gasteiger partial charge in [0.05, 0.1) is 29.4 Å². The fraction of sp³-hybridized carbons (Fsp3) is 0.586. The largest absolute Gasteiger partial charge is 0.485 e. The molecule has 1 saturated carbocycles. The number of benzene rings is 1. The van der Waals surface area contributed by atoms with Crippen LogP contribution in [-0.2, 0) is 40.4 Å². The number of carbonyl (C=O) groups excluding carboxylic acids is 3. The van der Waals surface area contributed by atoms with Crippen LogP contribution in [0.15, 0.2) is 30.2 Å². The van der Waals surface area contributed by atoms with Crippen molar-refractivity contribution >= 4 is 39.3 Å². The molecule has 44 heavy (non-hydrogen) atoms. The number of aliphatic hydroxyl groups excluding tert-OH is 3. The minimum atomic E-state index is -3.28. The zero-order chi connectivity index (χ0) is 33.0. The van der Waals surface area contributed by atoms with Gasteiger partial charge in [-0.15, -0.1) is 0 Å². The number of amides is 2. The van der Waals surface area contributed by atoms with Gasteiger partial charge in [0, 0.05) is 31.2 Å². The summed E-state index contributed by atoms with van der Waals surface area (Å²) in [6.45, 7) is 6.48. The number of nitrogens with one attached hydrogen (secondary N) is 2. The molecule has 0 aromatic heterocycles. The fourth-order valence-electron chi connectivity index (χ4n) is 4.37. The number of aliphatic carboxylic acids is 1. The number of carboxylic acids is 1. The monoisotopic (exact) mass is 642 g/mol. The number of hydrogen-bond acceptors (Lipinski definition) is 11. The van der Waals surface area contributed by atoms with E-state index in [1.165, 1.54) is 12.1 Å². The summed E-state index contributed by atoms with van der Waals surface area (Å²) in [4.78, 5) is 48.3. The van der Waals surface area contributed by atoms with E-state index in [0.717, 1.165) is 5.41 Å². The van der Waals surface area contributed by atoms with Crippen molar-refractivity contribution in [3.05, 3.63) is 35.7 Å². The van der Waals surface area contributed by atoms with Gasteiger partial charge in [0.25, 0.3) is 0 Å². The van der Waals surface area contributed by atoms with Gasteiger partial charge in [0.15, 0.2) is 9.84 Å². The number of unbranched alkanes of at least 4 members (excludes halogenated alkanes) is 2. The molecule has 0 saturated heterocycles. The van der Waals surface area contributed by atoms with Gasteiger partial charge >= 0.3 is 11.9 Å². The Morgan fingerprint density at radius 2 is 1.73 bits per heavy atom. The van der Waals surface area contributed by atoms with Crippen molar-refractivity contribution in [1.82, 2.24) is 5.32 Å². The number of carboxylic acid groups (broad SMARTS) is 1. The summed E-state index contributed by atoms with van der Waals surface area (Å²) < 4.78 is 33.9. The number of hydrogen-bond donors (Lipinski definition) is 6. The first-order valence-corrected chi connectivity index (χ1v) is 16.0. The normalized spacial score (nSPS) is 21.7. The van der Waals surface area contributed by atoms with E-state index < -0.39 is 58.0 Å². The van der Waals surface area contributed by atoms with Crippen LogP contribution in [0.25, 0.3) is 0 Å². The molecule has 14 nitrogen and oxygen atoms in total. The molecule has 1 fully saturated rings. The quantitative estimate of drug-likeness (QED) is 0.103. The van der Waals surface area contributed by atoms with Crippen molar-refractivity contribution in [1.29, 1.82) is 0 Å². The zero-order valence-electron chi connectivity index (χ0n) is 24.8. The number of esters is 1. The van der Waals surface area contributed by atoms with Crippen LogP contribution < -0.4 is 15.4 Å². The molecule has 1 aromatic carbocycles. The Hall–Kier alpha value is -3.53. The van der Waals surface area contributed by atoms with Crippen LogP contribution in [-0.4, -0.2) is 89.3 Å². The van der Waals surface area contributed by atoms with Crippen LogP contribution in [0.2, 0.25) is 0 Å². The van der Waals surface area contributed by atoms with Gasteiger partial charge in [-0.3, -0.25) is 19.2 Å². The molecule has 1 aliphatic rings. The SMILES string of the molecule is C=CS(=O)(=O)CCCCCC(=O)NCCC(=O)Nc1cc(COC(=O)C(C)C)ccc1O[C@@H]1C[C@H](C(=O)O)[C@@H](O)[C@H](O)[C@H]1O. The van der Waals surface area contributed by atoms with Gasteiger partial charge in [-0.25, -0.2) is 8.42 Å². The van der Waals surface area contributed by atoms with Gasteiger partial charge in [-0.2, -0.15) is 0 Å². The summed E-state index contributed by atoms with van der Waals surface area (Å²) >= 11 is 0. The number of rotatable bonds is 17. The van der Waals surface area contributed by atoms with Crippen molar-refractivity contribution in [2.24, 2.45) is 11.8 Å². The highest BCUT2D eigenvalue weighted by Crippen LogP contribution is 2.33. The molecule has 15 heteroatoms. The average molecular weight is 643 g/mol. The zero-order valence-corrected chi connectivity index (χ0v) is 25.6. The lowest BCUT2D eigenvalue weighted by atomic mass is 9.80. The third-order valence-corrected chi connectivity index (χ3v) is 8.37. The highest BCUT2D eigenvalue weighted by atomic mass is 32.2. The van der Waals surface area contributed by atoms with E-state index in [2.05, 4.69) is 17.2 Å². The van der Waals surface area contributed by atoms with E-state index in [0.29, 0.717) is 24.8 Å². The Labute approximate surface area is 256 Å².